The van der Waals surface area contributed by atoms with Crippen molar-refractivity contribution in [1.82, 2.24) is 10.6 Å². The lowest BCUT2D eigenvalue weighted by Gasteiger charge is -2.45. The van der Waals surface area contributed by atoms with Crippen LogP contribution in [0.3, 0.4) is 0 Å². The van der Waals surface area contributed by atoms with E-state index in [2.05, 4.69) is 5.32 Å². The second kappa shape index (κ2) is 7.16. The zero-order chi connectivity index (χ0) is 19.7. The highest BCUT2D eigenvalue weighted by Crippen LogP contribution is 2.44. The second-order valence-electron chi connectivity index (χ2n) is 5.50. The normalized spacial score (nSPS) is 25.8. The minimum Gasteiger partial charge on any atom is -0.504 e. The molecule has 1 fully saturated rings. The Morgan fingerprint density at radius 3 is 2.62 bits per heavy atom. The third-order valence-corrected chi connectivity index (χ3v) is 4.13. The summed E-state index contributed by atoms with van der Waals surface area (Å²) >= 11 is 4.78. The van der Waals surface area contributed by atoms with Gasteiger partial charge in [0, 0.05) is 0 Å². The predicted molar refractivity (Wildman–Crippen MR) is 87.4 cm³/mol. The maximum Gasteiger partial charge on any atom is 0.437 e. The number of alkyl halides is 3. The zero-order valence-electron chi connectivity index (χ0n) is 13.8. The number of nitrogens with one attached hydrogen (secondary N) is 2. The van der Waals surface area contributed by atoms with Crippen molar-refractivity contribution in [2.24, 2.45) is 5.92 Å². The standard InChI is InChI=1S/C15H17F3N2O5S/c1-3-25-12(22)10-11(7-4-5-8(21)9(6-7)24-2)19-13(26)20-14(10,23)15(16,17)18/h4-6,10-11,21,23H,3H2,1-2H3,(H2,19,20,26)/t10-,11+,14+/m0/s1. The smallest absolute Gasteiger partial charge is 0.437 e. The summed E-state index contributed by atoms with van der Waals surface area (Å²) in [5, 5.41) is 23.8. The number of benzene rings is 1. The van der Waals surface area contributed by atoms with E-state index in [0.717, 1.165) is 0 Å². The molecule has 1 aliphatic heterocycles. The van der Waals surface area contributed by atoms with Gasteiger partial charge in [0.1, 0.15) is 5.92 Å². The summed E-state index contributed by atoms with van der Waals surface area (Å²) in [5.41, 5.74) is -3.51. The molecule has 4 N–H and O–H groups in total. The lowest BCUT2D eigenvalue weighted by Crippen LogP contribution is -2.73. The van der Waals surface area contributed by atoms with Crippen LogP contribution in [0.15, 0.2) is 18.2 Å². The Hall–Kier alpha value is -2.27. The van der Waals surface area contributed by atoms with E-state index in [0.29, 0.717) is 0 Å². The number of esters is 1. The van der Waals surface area contributed by atoms with Gasteiger partial charge in [0.25, 0.3) is 5.72 Å². The number of ether oxygens (including phenoxy) is 2. The fourth-order valence-corrected chi connectivity index (χ4v) is 2.98. The highest BCUT2D eigenvalue weighted by molar-refractivity contribution is 7.80. The molecule has 1 aromatic rings. The highest BCUT2D eigenvalue weighted by atomic mass is 32.1. The Labute approximate surface area is 152 Å². The van der Waals surface area contributed by atoms with Crippen LogP contribution in [0, 0.1) is 5.92 Å². The summed E-state index contributed by atoms with van der Waals surface area (Å²) in [6, 6.07) is 2.33. The van der Waals surface area contributed by atoms with Gasteiger partial charge in [0.2, 0.25) is 0 Å². The molecule has 144 valence electrons. The van der Waals surface area contributed by atoms with Crippen LogP contribution < -0.4 is 15.4 Å². The first-order chi connectivity index (χ1) is 12.0. The largest absolute Gasteiger partial charge is 0.504 e. The summed E-state index contributed by atoms with van der Waals surface area (Å²) in [4.78, 5) is 12.3. The van der Waals surface area contributed by atoms with Gasteiger partial charge in [-0.25, -0.2) is 0 Å². The van der Waals surface area contributed by atoms with Crippen LogP contribution in [0.25, 0.3) is 0 Å². The maximum atomic E-state index is 13.6. The van der Waals surface area contributed by atoms with Crippen molar-refractivity contribution in [2.45, 2.75) is 24.9 Å². The quantitative estimate of drug-likeness (QED) is 0.449. The van der Waals surface area contributed by atoms with Crippen LogP contribution in [-0.4, -0.2) is 46.9 Å². The molecule has 1 aliphatic rings. The number of thiocarbonyl (C=S) groups is 1. The highest BCUT2D eigenvalue weighted by Gasteiger charge is 2.66. The van der Waals surface area contributed by atoms with Gasteiger partial charge in [0.05, 0.1) is 19.8 Å². The molecule has 3 atom stereocenters. The number of phenolic OH excluding ortho intramolecular Hbond substituents is 1. The lowest BCUT2D eigenvalue weighted by molar-refractivity contribution is -0.292. The van der Waals surface area contributed by atoms with Crippen LogP contribution in [0.1, 0.15) is 18.5 Å². The first-order valence-corrected chi connectivity index (χ1v) is 7.87. The van der Waals surface area contributed by atoms with E-state index in [1.165, 1.54) is 32.2 Å². The van der Waals surface area contributed by atoms with Crippen LogP contribution >= 0.6 is 12.2 Å². The van der Waals surface area contributed by atoms with Crippen molar-refractivity contribution >= 4 is 23.3 Å². The maximum absolute atomic E-state index is 13.6. The van der Waals surface area contributed by atoms with Crippen molar-refractivity contribution in [3.05, 3.63) is 23.8 Å². The summed E-state index contributed by atoms with van der Waals surface area (Å²) in [6.45, 7) is 1.25. The molecule has 0 amide bonds. The average Bonchev–Trinajstić information content (AvgIpc) is 2.53. The Morgan fingerprint density at radius 2 is 2.08 bits per heavy atom. The van der Waals surface area contributed by atoms with Gasteiger partial charge in [-0.05, 0) is 36.8 Å². The van der Waals surface area contributed by atoms with Crippen molar-refractivity contribution in [2.75, 3.05) is 13.7 Å². The third-order valence-electron chi connectivity index (χ3n) is 3.91. The minimum atomic E-state index is -5.23. The first-order valence-electron chi connectivity index (χ1n) is 7.46. The summed E-state index contributed by atoms with van der Waals surface area (Å²) in [7, 11) is 1.26. The molecule has 0 saturated carbocycles. The van der Waals surface area contributed by atoms with Crippen molar-refractivity contribution < 1.29 is 37.7 Å². The van der Waals surface area contributed by atoms with Crippen molar-refractivity contribution in [1.29, 1.82) is 0 Å². The molecule has 7 nitrogen and oxygen atoms in total. The Balaban J connectivity index is 2.60. The van der Waals surface area contributed by atoms with Gasteiger partial charge in [-0.1, -0.05) is 6.07 Å². The number of carbonyl (C=O) groups excluding carboxylic acids is 1. The molecule has 0 aromatic heterocycles. The number of aromatic hydroxyl groups is 1. The number of hydrogen-bond donors (Lipinski definition) is 4. The molecule has 26 heavy (non-hydrogen) atoms. The topological polar surface area (TPSA) is 100 Å². The minimum absolute atomic E-state index is 0.0214. The molecule has 0 radical (unpaired) electrons. The van der Waals surface area contributed by atoms with Gasteiger partial charge >= 0.3 is 12.1 Å². The molecule has 1 heterocycles. The monoisotopic (exact) mass is 394 g/mol. The van der Waals surface area contributed by atoms with E-state index in [9.17, 15) is 28.2 Å². The number of rotatable bonds is 4. The molecule has 1 aromatic carbocycles. The number of hydrogen-bond acceptors (Lipinski definition) is 6. The fourth-order valence-electron chi connectivity index (χ4n) is 2.70. The SMILES string of the molecule is CCOC(=O)[C@@H]1[C@@H](c2ccc(O)c(OC)c2)NC(=S)N[C@]1(O)C(F)(F)F. The van der Waals surface area contributed by atoms with Gasteiger partial charge in [-0.15, -0.1) is 0 Å². The number of methoxy groups -OCH3 is 1. The summed E-state index contributed by atoms with van der Waals surface area (Å²) in [5.74, 6) is -3.64. The van der Waals surface area contributed by atoms with E-state index < -0.39 is 34.9 Å². The van der Waals surface area contributed by atoms with E-state index >= 15 is 0 Å². The molecular weight excluding hydrogens is 377 g/mol. The zero-order valence-corrected chi connectivity index (χ0v) is 14.6. The van der Waals surface area contributed by atoms with Gasteiger partial charge < -0.3 is 30.3 Å². The summed E-state index contributed by atoms with van der Waals surface area (Å²) in [6.07, 6.45) is -5.23. The number of phenols is 1. The number of carbonyl (C=O) groups is 1. The first kappa shape index (κ1) is 20.0. The van der Waals surface area contributed by atoms with Crippen LogP contribution in [0.2, 0.25) is 0 Å². The molecule has 2 rings (SSSR count). The van der Waals surface area contributed by atoms with E-state index in [4.69, 9.17) is 21.7 Å². The second-order valence-corrected chi connectivity index (χ2v) is 5.91. The van der Waals surface area contributed by atoms with Gasteiger partial charge in [-0.2, -0.15) is 13.2 Å². The van der Waals surface area contributed by atoms with Crippen LogP contribution in [0.5, 0.6) is 11.5 Å². The molecule has 0 unspecified atom stereocenters. The third kappa shape index (κ3) is 3.49. The molecular formula is C15H17F3N2O5S. The molecule has 0 aliphatic carbocycles. The average molecular weight is 394 g/mol. The van der Waals surface area contributed by atoms with Crippen LogP contribution in [-0.2, 0) is 9.53 Å². The van der Waals surface area contributed by atoms with E-state index in [1.54, 1.807) is 5.32 Å². The van der Waals surface area contributed by atoms with E-state index in [1.807, 2.05) is 0 Å². The molecule has 0 spiro atoms. The van der Waals surface area contributed by atoms with Gasteiger partial charge in [0.15, 0.2) is 16.6 Å². The number of aliphatic hydroxyl groups is 1. The molecule has 11 heteroatoms. The molecule has 1 saturated heterocycles. The van der Waals surface area contributed by atoms with Gasteiger partial charge in [-0.3, -0.25) is 4.79 Å². The van der Waals surface area contributed by atoms with Crippen molar-refractivity contribution in [3.8, 4) is 11.5 Å². The number of halogens is 3. The van der Waals surface area contributed by atoms with E-state index in [-0.39, 0.29) is 23.7 Å². The Bertz CT molecular complexity index is 715. The summed E-state index contributed by atoms with van der Waals surface area (Å²) < 4.78 is 50.4. The Morgan fingerprint density at radius 1 is 1.42 bits per heavy atom. The lowest BCUT2D eigenvalue weighted by atomic mass is 9.82. The van der Waals surface area contributed by atoms with Crippen molar-refractivity contribution in [3.63, 3.8) is 0 Å². The molecule has 0 bridgehead atoms. The predicted octanol–water partition coefficient (Wildman–Crippen LogP) is 1.35. The fraction of sp³-hybridized carbons (Fsp3) is 0.467. The van der Waals surface area contributed by atoms with Crippen LogP contribution in [0.4, 0.5) is 13.2 Å². The Kier molecular flexibility index (Phi) is 5.52.